The van der Waals surface area contributed by atoms with Gasteiger partial charge in [0.2, 0.25) is 5.91 Å². The van der Waals surface area contributed by atoms with Crippen LogP contribution in [0.1, 0.15) is 32.3 Å². The summed E-state index contributed by atoms with van der Waals surface area (Å²) < 4.78 is 0. The lowest BCUT2D eigenvalue weighted by atomic mass is 10.1. The molecule has 2 nitrogen and oxygen atoms in total. The molecule has 0 fully saturated rings. The van der Waals surface area contributed by atoms with Crippen LogP contribution in [0.2, 0.25) is 0 Å². The number of nitrogens with one attached hydrogen (secondary N) is 1. The fraction of sp³-hybridized carbons (Fsp3) is 0.357. The smallest absolute Gasteiger partial charge is 0.220 e. The van der Waals surface area contributed by atoms with E-state index in [-0.39, 0.29) is 5.91 Å². The molecule has 1 aromatic rings. The van der Waals surface area contributed by atoms with Gasteiger partial charge in [-0.05, 0) is 17.6 Å². The summed E-state index contributed by atoms with van der Waals surface area (Å²) in [4.78, 5) is 11.1. The zero-order valence-electron chi connectivity index (χ0n) is 9.99. The third kappa shape index (κ3) is 3.54. The van der Waals surface area contributed by atoms with E-state index in [9.17, 15) is 4.79 Å². The Hall–Kier alpha value is -1.57. The van der Waals surface area contributed by atoms with Crippen molar-refractivity contribution < 1.29 is 4.79 Å². The van der Waals surface area contributed by atoms with Crippen LogP contribution in [-0.2, 0) is 4.79 Å². The molecule has 86 valence electrons. The summed E-state index contributed by atoms with van der Waals surface area (Å²) in [6.07, 6.45) is 3.60. The summed E-state index contributed by atoms with van der Waals surface area (Å²) in [6.45, 7) is 4.66. The highest BCUT2D eigenvalue weighted by molar-refractivity contribution is 5.81. The van der Waals surface area contributed by atoms with Crippen molar-refractivity contribution in [3.8, 4) is 0 Å². The fourth-order valence-corrected chi connectivity index (χ4v) is 1.60. The molecule has 0 bridgehead atoms. The normalized spacial score (nSPS) is 15.1. The van der Waals surface area contributed by atoms with Crippen molar-refractivity contribution in [1.29, 1.82) is 0 Å². The van der Waals surface area contributed by atoms with Crippen molar-refractivity contribution in [2.75, 3.05) is 6.54 Å². The number of hydrogen-bond acceptors (Lipinski definition) is 1. The predicted octanol–water partition coefficient (Wildman–Crippen LogP) is 3.01. The number of carbonyl (C=O) groups is 1. The maximum absolute atomic E-state index is 11.1. The van der Waals surface area contributed by atoms with Crippen molar-refractivity contribution in [1.82, 2.24) is 5.32 Å². The van der Waals surface area contributed by atoms with E-state index in [0.29, 0.717) is 13.0 Å². The monoisotopic (exact) mass is 217 g/mol. The van der Waals surface area contributed by atoms with Crippen LogP contribution in [0, 0.1) is 0 Å². The molecular weight excluding hydrogens is 198 g/mol. The van der Waals surface area contributed by atoms with Crippen LogP contribution < -0.4 is 5.32 Å². The van der Waals surface area contributed by atoms with Crippen molar-refractivity contribution in [2.45, 2.75) is 26.7 Å². The third-order valence-electron chi connectivity index (χ3n) is 2.38. The topological polar surface area (TPSA) is 29.1 Å². The summed E-state index contributed by atoms with van der Waals surface area (Å²) >= 11 is 0. The molecule has 0 radical (unpaired) electrons. The van der Waals surface area contributed by atoms with Crippen molar-refractivity contribution in [2.24, 2.45) is 0 Å². The average molecular weight is 217 g/mol. The van der Waals surface area contributed by atoms with Gasteiger partial charge in [-0.2, -0.15) is 0 Å². The molecule has 1 heterocycles. The third-order valence-corrected chi connectivity index (χ3v) is 2.38. The molecule has 1 N–H and O–H groups in total. The Morgan fingerprint density at radius 1 is 1.12 bits per heavy atom. The number of rotatable bonds is 1. The minimum absolute atomic E-state index is 0.146. The van der Waals surface area contributed by atoms with Crippen LogP contribution in [0.4, 0.5) is 0 Å². The summed E-state index contributed by atoms with van der Waals surface area (Å²) in [5.74, 6) is 0.146. The Bertz CT molecular complexity index is 354. The molecule has 1 aliphatic heterocycles. The standard InChI is InChI=1S/C12H13NO.C2H6/c14-12-8-4-7-11(9-13-12)10-5-2-1-3-6-10;1-2/h1-3,5-7H,4,8-9H2,(H,13,14);1-2H3. The van der Waals surface area contributed by atoms with Gasteiger partial charge in [-0.1, -0.05) is 50.3 Å². The highest BCUT2D eigenvalue weighted by atomic mass is 16.1. The number of amides is 1. The highest BCUT2D eigenvalue weighted by Gasteiger charge is 2.08. The Labute approximate surface area is 97.4 Å². The van der Waals surface area contributed by atoms with Gasteiger partial charge >= 0.3 is 0 Å². The summed E-state index contributed by atoms with van der Waals surface area (Å²) in [5, 5.41) is 2.89. The van der Waals surface area contributed by atoms with Crippen LogP contribution in [0.25, 0.3) is 5.57 Å². The maximum atomic E-state index is 11.1. The second-order valence-electron chi connectivity index (χ2n) is 3.41. The fourth-order valence-electron chi connectivity index (χ4n) is 1.60. The Balaban J connectivity index is 0.000000606. The first kappa shape index (κ1) is 12.5. The van der Waals surface area contributed by atoms with E-state index in [1.807, 2.05) is 32.0 Å². The Morgan fingerprint density at radius 2 is 1.81 bits per heavy atom. The predicted molar refractivity (Wildman–Crippen MR) is 68.0 cm³/mol. The molecule has 1 aliphatic rings. The minimum Gasteiger partial charge on any atom is -0.352 e. The van der Waals surface area contributed by atoms with Gasteiger partial charge < -0.3 is 5.32 Å². The second-order valence-corrected chi connectivity index (χ2v) is 3.41. The summed E-state index contributed by atoms with van der Waals surface area (Å²) in [6, 6.07) is 10.2. The molecule has 0 aromatic heterocycles. The molecule has 0 atom stereocenters. The lowest BCUT2D eigenvalue weighted by Crippen LogP contribution is -2.22. The molecule has 16 heavy (non-hydrogen) atoms. The zero-order valence-corrected chi connectivity index (χ0v) is 9.99. The molecular formula is C14H19NO. The van der Waals surface area contributed by atoms with Crippen LogP contribution >= 0.6 is 0 Å². The number of allylic oxidation sites excluding steroid dienone is 1. The molecule has 2 rings (SSSR count). The van der Waals surface area contributed by atoms with Gasteiger partial charge in [0.25, 0.3) is 0 Å². The summed E-state index contributed by atoms with van der Waals surface area (Å²) in [7, 11) is 0. The van der Waals surface area contributed by atoms with Gasteiger partial charge in [-0.15, -0.1) is 0 Å². The Kier molecular flexibility index (Phi) is 5.34. The van der Waals surface area contributed by atoms with Crippen LogP contribution in [0.15, 0.2) is 36.4 Å². The molecule has 0 saturated heterocycles. The first-order chi connectivity index (χ1) is 7.86. The SMILES string of the molecule is CC.O=C1CCC=C(c2ccccc2)CN1. The van der Waals surface area contributed by atoms with Crippen molar-refractivity contribution in [3.63, 3.8) is 0 Å². The van der Waals surface area contributed by atoms with Crippen LogP contribution in [0.3, 0.4) is 0 Å². The second kappa shape index (κ2) is 6.83. The van der Waals surface area contributed by atoms with E-state index >= 15 is 0 Å². The van der Waals surface area contributed by atoms with E-state index < -0.39 is 0 Å². The van der Waals surface area contributed by atoms with Gasteiger partial charge in [0.05, 0.1) is 0 Å². The zero-order chi connectivity index (χ0) is 11.8. The van der Waals surface area contributed by atoms with Crippen LogP contribution in [0.5, 0.6) is 0 Å². The van der Waals surface area contributed by atoms with Crippen molar-refractivity contribution >= 4 is 11.5 Å². The van der Waals surface area contributed by atoms with Gasteiger partial charge in [0.15, 0.2) is 0 Å². The number of benzene rings is 1. The van der Waals surface area contributed by atoms with E-state index in [4.69, 9.17) is 0 Å². The number of carbonyl (C=O) groups excluding carboxylic acids is 1. The molecule has 0 unspecified atom stereocenters. The molecule has 1 amide bonds. The highest BCUT2D eigenvalue weighted by Crippen LogP contribution is 2.16. The maximum Gasteiger partial charge on any atom is 0.220 e. The average Bonchev–Trinajstić information content (AvgIpc) is 2.58. The minimum atomic E-state index is 0.146. The lowest BCUT2D eigenvalue weighted by Gasteiger charge is -2.05. The van der Waals surface area contributed by atoms with Gasteiger partial charge in [-0.3, -0.25) is 4.79 Å². The van der Waals surface area contributed by atoms with Crippen molar-refractivity contribution in [3.05, 3.63) is 42.0 Å². The Morgan fingerprint density at radius 3 is 2.50 bits per heavy atom. The molecule has 0 saturated carbocycles. The largest absolute Gasteiger partial charge is 0.352 e. The first-order valence-electron chi connectivity index (χ1n) is 5.87. The number of hydrogen-bond donors (Lipinski definition) is 1. The van der Waals surface area contributed by atoms with Gasteiger partial charge in [-0.25, -0.2) is 0 Å². The van der Waals surface area contributed by atoms with E-state index in [2.05, 4.69) is 23.5 Å². The van der Waals surface area contributed by atoms with Gasteiger partial charge in [0.1, 0.15) is 0 Å². The van der Waals surface area contributed by atoms with E-state index in [1.165, 1.54) is 11.1 Å². The van der Waals surface area contributed by atoms with Gasteiger partial charge in [0, 0.05) is 13.0 Å². The molecule has 1 aromatic carbocycles. The molecule has 0 spiro atoms. The molecule has 0 aliphatic carbocycles. The van der Waals surface area contributed by atoms with E-state index in [0.717, 1.165) is 6.42 Å². The molecule has 2 heteroatoms. The lowest BCUT2D eigenvalue weighted by molar-refractivity contribution is -0.120. The van der Waals surface area contributed by atoms with Crippen LogP contribution in [-0.4, -0.2) is 12.5 Å². The first-order valence-corrected chi connectivity index (χ1v) is 5.87. The summed E-state index contributed by atoms with van der Waals surface area (Å²) in [5.41, 5.74) is 2.42. The quantitative estimate of drug-likeness (QED) is 0.769. The van der Waals surface area contributed by atoms with E-state index in [1.54, 1.807) is 0 Å².